The summed E-state index contributed by atoms with van der Waals surface area (Å²) in [5.74, 6) is 0. The maximum Gasteiger partial charge on any atom is 0.433 e. The Kier molecular flexibility index (Phi) is 3.58. The maximum absolute atomic E-state index is 13.3. The number of halogens is 3. The predicted molar refractivity (Wildman–Crippen MR) is 77.3 cm³/mol. The normalized spacial score (nSPS) is 11.6. The summed E-state index contributed by atoms with van der Waals surface area (Å²) >= 11 is 1.07. The van der Waals surface area contributed by atoms with Crippen LogP contribution in [0, 0.1) is 0 Å². The number of aromatic nitrogens is 2. The van der Waals surface area contributed by atoms with Crippen molar-refractivity contribution in [2.24, 2.45) is 0 Å². The van der Waals surface area contributed by atoms with Crippen molar-refractivity contribution in [3.63, 3.8) is 0 Å². The number of benzene rings is 1. The first-order valence-corrected chi connectivity index (χ1v) is 7.14. The van der Waals surface area contributed by atoms with E-state index in [1.807, 2.05) is 0 Å². The third kappa shape index (κ3) is 2.55. The molecule has 0 atom stereocenters. The van der Waals surface area contributed by atoms with Gasteiger partial charge in [-0.2, -0.15) is 18.3 Å². The van der Waals surface area contributed by atoms with Crippen LogP contribution in [0.3, 0.4) is 0 Å². The van der Waals surface area contributed by atoms with Crippen LogP contribution < -0.4 is 0 Å². The molecule has 22 heavy (non-hydrogen) atoms. The number of hydrogen-bond donors (Lipinski definition) is 0. The largest absolute Gasteiger partial charge is 0.433 e. The zero-order valence-corrected chi connectivity index (χ0v) is 11.9. The average Bonchev–Trinajstić information content (AvgIpc) is 3.13. The fourth-order valence-electron chi connectivity index (χ4n) is 2.09. The van der Waals surface area contributed by atoms with Gasteiger partial charge in [0, 0.05) is 5.56 Å². The summed E-state index contributed by atoms with van der Waals surface area (Å²) in [6.07, 6.45) is -4.04. The fraction of sp³-hybridized carbons (Fsp3) is 0.0667. The molecule has 2 heterocycles. The Morgan fingerprint density at radius 3 is 2.50 bits per heavy atom. The molecule has 0 aliphatic heterocycles. The Hall–Kier alpha value is -2.41. The van der Waals surface area contributed by atoms with Crippen LogP contribution >= 0.6 is 11.3 Å². The summed E-state index contributed by atoms with van der Waals surface area (Å²) in [5, 5.41) is 5.60. The highest BCUT2D eigenvalue weighted by molar-refractivity contribution is 7.12. The molecule has 0 bridgehead atoms. The van der Waals surface area contributed by atoms with Crippen molar-refractivity contribution in [1.82, 2.24) is 9.78 Å². The molecule has 0 saturated heterocycles. The van der Waals surface area contributed by atoms with Gasteiger partial charge >= 0.3 is 6.18 Å². The van der Waals surface area contributed by atoms with E-state index in [1.54, 1.807) is 35.7 Å². The van der Waals surface area contributed by atoms with E-state index in [4.69, 9.17) is 0 Å². The first-order valence-electron chi connectivity index (χ1n) is 6.26. The Morgan fingerprint density at radius 1 is 1.14 bits per heavy atom. The summed E-state index contributed by atoms with van der Waals surface area (Å²) in [6, 6.07) is 11.0. The molecule has 7 heteroatoms. The van der Waals surface area contributed by atoms with Gasteiger partial charge in [0.05, 0.1) is 16.3 Å². The zero-order valence-electron chi connectivity index (χ0n) is 11.0. The van der Waals surface area contributed by atoms with Gasteiger partial charge in [0.1, 0.15) is 5.69 Å². The highest BCUT2D eigenvalue weighted by Gasteiger charge is 2.37. The lowest BCUT2D eigenvalue weighted by Crippen LogP contribution is -2.13. The van der Waals surface area contributed by atoms with Crippen molar-refractivity contribution in [1.29, 1.82) is 0 Å². The molecular weight excluding hydrogens is 313 g/mol. The lowest BCUT2D eigenvalue weighted by molar-refractivity contribution is -0.142. The summed E-state index contributed by atoms with van der Waals surface area (Å²) in [7, 11) is 0. The van der Waals surface area contributed by atoms with Crippen LogP contribution in [0.4, 0.5) is 13.2 Å². The quantitative estimate of drug-likeness (QED) is 0.669. The predicted octanol–water partition coefficient (Wildman–Crippen LogP) is 4.43. The van der Waals surface area contributed by atoms with E-state index in [9.17, 15) is 18.0 Å². The first-order chi connectivity index (χ1) is 10.5. The van der Waals surface area contributed by atoms with E-state index in [0.717, 1.165) is 22.1 Å². The van der Waals surface area contributed by atoms with Crippen LogP contribution in [0.2, 0.25) is 0 Å². The number of carbonyl (C=O) groups is 1. The maximum atomic E-state index is 13.3. The van der Waals surface area contributed by atoms with E-state index >= 15 is 0 Å². The van der Waals surface area contributed by atoms with Crippen molar-refractivity contribution in [2.45, 2.75) is 6.18 Å². The van der Waals surface area contributed by atoms with Crippen molar-refractivity contribution in [3.05, 3.63) is 58.4 Å². The molecule has 0 N–H and O–H groups in total. The summed E-state index contributed by atoms with van der Waals surface area (Å²) in [6.45, 7) is 0. The van der Waals surface area contributed by atoms with Crippen LogP contribution in [0.15, 0.2) is 47.8 Å². The molecule has 3 rings (SSSR count). The first kappa shape index (κ1) is 14.5. The summed E-state index contributed by atoms with van der Waals surface area (Å²) < 4.78 is 40.6. The number of rotatable bonds is 3. The lowest BCUT2D eigenvalue weighted by atomic mass is 10.1. The van der Waals surface area contributed by atoms with Gasteiger partial charge in [-0.25, -0.2) is 4.68 Å². The molecule has 0 radical (unpaired) electrons. The smallest absolute Gasteiger partial charge is 0.297 e. The number of carbonyl (C=O) groups excluding carboxylic acids is 1. The average molecular weight is 322 g/mol. The van der Waals surface area contributed by atoms with Crippen LogP contribution in [0.5, 0.6) is 0 Å². The molecule has 0 fully saturated rings. The minimum atomic E-state index is -4.57. The van der Waals surface area contributed by atoms with Gasteiger partial charge in [-0.3, -0.25) is 4.79 Å². The van der Waals surface area contributed by atoms with Gasteiger partial charge < -0.3 is 0 Å². The minimum absolute atomic E-state index is 0.134. The Bertz CT molecular complexity index is 806. The summed E-state index contributed by atoms with van der Waals surface area (Å²) in [5.41, 5.74) is 0.00738. The van der Waals surface area contributed by atoms with Gasteiger partial charge in [0.15, 0.2) is 6.29 Å². The number of aldehydes is 1. The van der Waals surface area contributed by atoms with Crippen molar-refractivity contribution in [3.8, 4) is 16.9 Å². The number of hydrogen-bond acceptors (Lipinski definition) is 3. The second-order valence-corrected chi connectivity index (χ2v) is 5.43. The van der Waals surface area contributed by atoms with E-state index in [-0.39, 0.29) is 16.3 Å². The van der Waals surface area contributed by atoms with Crippen molar-refractivity contribution in [2.75, 3.05) is 0 Å². The number of alkyl halides is 3. The highest BCUT2D eigenvalue weighted by atomic mass is 32.1. The molecule has 0 amide bonds. The van der Waals surface area contributed by atoms with Gasteiger partial charge in [-0.05, 0) is 17.5 Å². The molecule has 0 aliphatic rings. The zero-order chi connectivity index (χ0) is 15.7. The van der Waals surface area contributed by atoms with Crippen molar-refractivity contribution < 1.29 is 18.0 Å². The second kappa shape index (κ2) is 5.42. The molecule has 1 aromatic carbocycles. The van der Waals surface area contributed by atoms with Gasteiger partial charge in [0.25, 0.3) is 0 Å². The minimum Gasteiger partial charge on any atom is -0.297 e. The van der Waals surface area contributed by atoms with Crippen LogP contribution in [-0.4, -0.2) is 16.1 Å². The molecule has 2 aromatic heterocycles. The molecule has 0 saturated carbocycles. The SMILES string of the molecule is O=Cc1sccc1-n1nc(-c2ccccc2)cc1C(F)(F)F. The third-order valence-electron chi connectivity index (χ3n) is 3.08. The van der Waals surface area contributed by atoms with E-state index in [1.165, 1.54) is 6.07 Å². The van der Waals surface area contributed by atoms with E-state index in [0.29, 0.717) is 11.8 Å². The Labute approximate surface area is 127 Å². The van der Waals surface area contributed by atoms with Crippen molar-refractivity contribution >= 4 is 17.6 Å². The Morgan fingerprint density at radius 2 is 1.86 bits per heavy atom. The Balaban J connectivity index is 2.21. The van der Waals surface area contributed by atoms with Crippen LogP contribution in [0.25, 0.3) is 16.9 Å². The molecule has 0 spiro atoms. The third-order valence-corrected chi connectivity index (χ3v) is 3.91. The molecule has 3 aromatic rings. The topological polar surface area (TPSA) is 34.9 Å². The second-order valence-electron chi connectivity index (χ2n) is 4.48. The number of thiophene rings is 1. The van der Waals surface area contributed by atoms with E-state index < -0.39 is 11.9 Å². The molecule has 0 unspecified atom stereocenters. The highest BCUT2D eigenvalue weighted by Crippen LogP contribution is 2.35. The fourth-order valence-corrected chi connectivity index (χ4v) is 2.77. The molecular formula is C15H9F3N2OS. The molecule has 112 valence electrons. The summed E-state index contributed by atoms with van der Waals surface area (Å²) in [4.78, 5) is 11.2. The van der Waals surface area contributed by atoms with Gasteiger partial charge in [0.2, 0.25) is 0 Å². The molecule has 3 nitrogen and oxygen atoms in total. The molecule has 0 aliphatic carbocycles. The van der Waals surface area contributed by atoms with Gasteiger partial charge in [-0.15, -0.1) is 11.3 Å². The van der Waals surface area contributed by atoms with E-state index in [2.05, 4.69) is 5.10 Å². The lowest BCUT2D eigenvalue weighted by Gasteiger charge is -2.09. The van der Waals surface area contributed by atoms with Crippen LogP contribution in [-0.2, 0) is 6.18 Å². The van der Waals surface area contributed by atoms with Crippen LogP contribution in [0.1, 0.15) is 15.4 Å². The number of nitrogens with zero attached hydrogens (tertiary/aromatic N) is 2. The van der Waals surface area contributed by atoms with Gasteiger partial charge in [-0.1, -0.05) is 30.3 Å². The standard InChI is InChI=1S/C15H9F3N2OS/c16-15(17,18)14-8-11(10-4-2-1-3-5-10)19-20(14)12-6-7-22-13(12)9-21/h1-9H. The monoisotopic (exact) mass is 322 g/mol.